The number of carbonyl (C=O) groups excluding carboxylic acids is 1. The minimum atomic E-state index is -0.595. The predicted octanol–water partition coefficient (Wildman–Crippen LogP) is 6.24. The highest BCUT2D eigenvalue weighted by molar-refractivity contribution is 7.99. The fourth-order valence-corrected chi connectivity index (χ4v) is 4.23. The van der Waals surface area contributed by atoms with E-state index < -0.39 is 11.9 Å². The third kappa shape index (κ3) is 5.40. The fourth-order valence-electron chi connectivity index (χ4n) is 3.30. The number of amides is 1. The number of carbonyl (C=O) groups is 1. The Kier molecular flexibility index (Phi) is 7.49. The third-order valence-corrected chi connectivity index (χ3v) is 6.39. The van der Waals surface area contributed by atoms with Crippen molar-refractivity contribution in [1.29, 1.82) is 0 Å². The molecule has 3 aromatic carbocycles. The van der Waals surface area contributed by atoms with E-state index in [-0.39, 0.29) is 17.4 Å². The van der Waals surface area contributed by atoms with Gasteiger partial charge in [-0.15, -0.1) is 10.2 Å². The summed E-state index contributed by atoms with van der Waals surface area (Å²) in [5, 5.41) is 12.6. The number of hydrogen-bond donors (Lipinski definition) is 1. The number of nitrogens with one attached hydrogen (secondary N) is 1. The Balaban J connectivity index is 1.55. The predicted molar refractivity (Wildman–Crippen MR) is 132 cm³/mol. The van der Waals surface area contributed by atoms with Gasteiger partial charge in [-0.2, -0.15) is 0 Å². The van der Waals surface area contributed by atoms with Crippen molar-refractivity contribution in [3.8, 4) is 11.4 Å². The quantitative estimate of drug-likeness (QED) is 0.292. The van der Waals surface area contributed by atoms with Crippen molar-refractivity contribution in [2.45, 2.75) is 25.1 Å². The number of ether oxygens (including phenoxy) is 1. The molecular weight excluding hydrogens is 475 g/mol. The van der Waals surface area contributed by atoms with Crippen molar-refractivity contribution in [3.05, 3.63) is 95.0 Å². The lowest BCUT2D eigenvalue weighted by molar-refractivity contribution is -0.113. The zero-order valence-electron chi connectivity index (χ0n) is 18.5. The van der Waals surface area contributed by atoms with Crippen LogP contribution in [-0.4, -0.2) is 26.4 Å². The molecular formula is C25H22ClFN4O2S. The zero-order chi connectivity index (χ0) is 24.1. The number of hydrogen-bond acceptors (Lipinski definition) is 5. The van der Waals surface area contributed by atoms with Gasteiger partial charge in [0, 0.05) is 16.4 Å². The van der Waals surface area contributed by atoms with Gasteiger partial charge in [0.1, 0.15) is 0 Å². The monoisotopic (exact) mass is 496 g/mol. The molecule has 1 heterocycles. The van der Waals surface area contributed by atoms with Gasteiger partial charge in [0.25, 0.3) is 0 Å². The van der Waals surface area contributed by atoms with E-state index in [1.165, 1.54) is 17.8 Å². The van der Waals surface area contributed by atoms with Crippen molar-refractivity contribution < 1.29 is 13.9 Å². The molecule has 34 heavy (non-hydrogen) atoms. The van der Waals surface area contributed by atoms with E-state index in [1.807, 2.05) is 41.8 Å². The molecule has 6 nitrogen and oxygen atoms in total. The SMILES string of the molecule is Cc1c(Cl)cccc1NC(=O)CSc1nnc(C(C)Oc2ccccc2F)n1-c1ccccc1. The van der Waals surface area contributed by atoms with E-state index in [1.54, 1.807) is 43.3 Å². The first-order valence-electron chi connectivity index (χ1n) is 10.5. The molecule has 0 bridgehead atoms. The molecule has 0 fully saturated rings. The standard InChI is InChI=1S/C25H22ClFN4O2S/c1-16-19(26)11-8-13-21(16)28-23(32)15-34-25-30-29-24(31(25)18-9-4-3-5-10-18)17(2)33-22-14-7-6-12-20(22)27/h3-14,17H,15H2,1-2H3,(H,28,32). The lowest BCUT2D eigenvalue weighted by atomic mass is 10.2. The van der Waals surface area contributed by atoms with Crippen molar-refractivity contribution in [3.63, 3.8) is 0 Å². The highest BCUT2D eigenvalue weighted by atomic mass is 35.5. The summed E-state index contributed by atoms with van der Waals surface area (Å²) >= 11 is 7.39. The van der Waals surface area contributed by atoms with Gasteiger partial charge in [-0.05, 0) is 55.8 Å². The number of halogens is 2. The summed E-state index contributed by atoms with van der Waals surface area (Å²) in [5.74, 6) is 0.0726. The van der Waals surface area contributed by atoms with Gasteiger partial charge in [0.05, 0.1) is 5.75 Å². The zero-order valence-corrected chi connectivity index (χ0v) is 20.1. The third-order valence-electron chi connectivity index (χ3n) is 5.05. The molecule has 1 atom stereocenters. The molecule has 9 heteroatoms. The molecule has 1 N–H and O–H groups in total. The van der Waals surface area contributed by atoms with Crippen LogP contribution in [-0.2, 0) is 4.79 Å². The number of anilines is 1. The molecule has 0 saturated carbocycles. The minimum absolute atomic E-state index is 0.111. The Hall–Kier alpha value is -3.36. The molecule has 0 saturated heterocycles. The minimum Gasteiger partial charge on any atom is -0.480 e. The molecule has 1 amide bonds. The van der Waals surface area contributed by atoms with E-state index in [4.69, 9.17) is 16.3 Å². The summed E-state index contributed by atoms with van der Waals surface area (Å²) < 4.78 is 21.8. The average molecular weight is 497 g/mol. The summed E-state index contributed by atoms with van der Waals surface area (Å²) in [5.41, 5.74) is 2.27. The highest BCUT2D eigenvalue weighted by Crippen LogP contribution is 2.29. The Labute approximate surface area is 206 Å². The maximum Gasteiger partial charge on any atom is 0.234 e. The van der Waals surface area contributed by atoms with Crippen LogP contribution in [0.15, 0.2) is 78.0 Å². The summed E-state index contributed by atoms with van der Waals surface area (Å²) in [6, 6.07) is 21.1. The second kappa shape index (κ2) is 10.7. The Morgan fingerprint density at radius 1 is 1.09 bits per heavy atom. The van der Waals surface area contributed by atoms with Gasteiger partial charge in [-0.3, -0.25) is 9.36 Å². The van der Waals surface area contributed by atoms with Crippen LogP contribution < -0.4 is 10.1 Å². The van der Waals surface area contributed by atoms with Gasteiger partial charge in [0.15, 0.2) is 28.7 Å². The van der Waals surface area contributed by atoms with Gasteiger partial charge in [-0.25, -0.2) is 4.39 Å². The van der Waals surface area contributed by atoms with Crippen LogP contribution in [0.25, 0.3) is 5.69 Å². The Morgan fingerprint density at radius 2 is 1.82 bits per heavy atom. The van der Waals surface area contributed by atoms with Crippen LogP contribution in [0.1, 0.15) is 24.4 Å². The van der Waals surface area contributed by atoms with E-state index >= 15 is 0 Å². The number of rotatable bonds is 8. The fraction of sp³-hybridized carbons (Fsp3) is 0.160. The van der Waals surface area contributed by atoms with Crippen LogP contribution in [0.3, 0.4) is 0 Å². The second-order valence-electron chi connectivity index (χ2n) is 7.45. The van der Waals surface area contributed by atoms with E-state index in [9.17, 15) is 9.18 Å². The molecule has 1 unspecified atom stereocenters. The number of benzene rings is 3. The smallest absolute Gasteiger partial charge is 0.234 e. The molecule has 174 valence electrons. The molecule has 0 spiro atoms. The molecule has 0 radical (unpaired) electrons. The van der Waals surface area contributed by atoms with E-state index in [0.717, 1.165) is 11.3 Å². The number of nitrogens with zero attached hydrogens (tertiary/aromatic N) is 3. The van der Waals surface area contributed by atoms with Crippen LogP contribution in [0, 0.1) is 12.7 Å². The van der Waals surface area contributed by atoms with Gasteiger partial charge >= 0.3 is 0 Å². The Morgan fingerprint density at radius 3 is 2.59 bits per heavy atom. The molecule has 4 aromatic rings. The van der Waals surface area contributed by atoms with Crippen molar-refractivity contribution in [2.75, 3.05) is 11.1 Å². The number of para-hydroxylation sites is 2. The molecule has 4 rings (SSSR count). The Bertz CT molecular complexity index is 1300. The lowest BCUT2D eigenvalue weighted by Gasteiger charge is -2.17. The average Bonchev–Trinajstić information content (AvgIpc) is 3.27. The number of aromatic nitrogens is 3. The molecule has 0 aliphatic heterocycles. The maximum absolute atomic E-state index is 14.1. The molecule has 1 aromatic heterocycles. The molecule has 0 aliphatic carbocycles. The maximum atomic E-state index is 14.1. The summed E-state index contributed by atoms with van der Waals surface area (Å²) in [7, 11) is 0. The van der Waals surface area contributed by atoms with Crippen LogP contribution >= 0.6 is 23.4 Å². The largest absolute Gasteiger partial charge is 0.480 e. The van der Waals surface area contributed by atoms with E-state index in [2.05, 4.69) is 15.5 Å². The van der Waals surface area contributed by atoms with Crippen molar-refractivity contribution in [2.24, 2.45) is 0 Å². The van der Waals surface area contributed by atoms with Crippen LogP contribution in [0.4, 0.5) is 10.1 Å². The van der Waals surface area contributed by atoms with Crippen LogP contribution in [0.5, 0.6) is 5.75 Å². The van der Waals surface area contributed by atoms with Crippen molar-refractivity contribution >= 4 is 35.0 Å². The van der Waals surface area contributed by atoms with Gasteiger partial charge in [0.2, 0.25) is 5.91 Å². The van der Waals surface area contributed by atoms with Gasteiger partial charge in [-0.1, -0.05) is 59.8 Å². The molecule has 0 aliphatic rings. The first kappa shape index (κ1) is 23.8. The topological polar surface area (TPSA) is 69.0 Å². The normalized spacial score (nSPS) is 11.8. The first-order chi connectivity index (χ1) is 16.4. The summed E-state index contributed by atoms with van der Waals surface area (Å²) in [4.78, 5) is 12.6. The number of thioether (sulfide) groups is 1. The first-order valence-corrected chi connectivity index (χ1v) is 11.9. The summed E-state index contributed by atoms with van der Waals surface area (Å²) in [6.45, 7) is 3.62. The van der Waals surface area contributed by atoms with Gasteiger partial charge < -0.3 is 10.1 Å². The van der Waals surface area contributed by atoms with Crippen LogP contribution in [0.2, 0.25) is 5.02 Å². The van der Waals surface area contributed by atoms with E-state index in [0.29, 0.717) is 21.7 Å². The second-order valence-corrected chi connectivity index (χ2v) is 8.80. The van der Waals surface area contributed by atoms with Crippen molar-refractivity contribution in [1.82, 2.24) is 14.8 Å². The lowest BCUT2D eigenvalue weighted by Crippen LogP contribution is -2.16. The summed E-state index contributed by atoms with van der Waals surface area (Å²) in [6.07, 6.45) is -0.595. The highest BCUT2D eigenvalue weighted by Gasteiger charge is 2.22.